The van der Waals surface area contributed by atoms with Gasteiger partial charge in [0.25, 0.3) is 0 Å². The molecule has 0 spiro atoms. The molecule has 1 unspecified atom stereocenters. The zero-order valence-electron chi connectivity index (χ0n) is 21.0. The van der Waals surface area contributed by atoms with Crippen molar-refractivity contribution >= 4 is 50.9 Å². The number of fused-ring (bicyclic) bond motifs is 3. The van der Waals surface area contributed by atoms with Crippen LogP contribution in [0.25, 0.3) is 23.1 Å². The van der Waals surface area contributed by atoms with Gasteiger partial charge in [0.1, 0.15) is 12.4 Å². The van der Waals surface area contributed by atoms with Crippen molar-refractivity contribution in [2.24, 2.45) is 0 Å². The fraction of sp³-hybridized carbons (Fsp3) is 0.143. The van der Waals surface area contributed by atoms with Gasteiger partial charge >= 0.3 is 15.5 Å². The Kier molecular flexibility index (Phi) is 7.51. The van der Waals surface area contributed by atoms with Crippen molar-refractivity contribution in [2.45, 2.75) is 24.3 Å². The Morgan fingerprint density at radius 1 is 1.00 bits per heavy atom. The summed E-state index contributed by atoms with van der Waals surface area (Å²) in [6.45, 7) is 0.811. The van der Waals surface area contributed by atoms with Gasteiger partial charge in [0.2, 0.25) is 5.91 Å². The first-order chi connectivity index (χ1) is 19.3. The number of ether oxygens (including phenoxy) is 1. The van der Waals surface area contributed by atoms with E-state index >= 15 is 0 Å². The van der Waals surface area contributed by atoms with E-state index in [4.69, 9.17) is 4.74 Å². The molecule has 13 heteroatoms. The van der Waals surface area contributed by atoms with Crippen LogP contribution in [-0.4, -0.2) is 28.5 Å². The number of rotatable bonds is 5. The third-order valence-electron chi connectivity index (χ3n) is 6.21. The molecule has 1 aliphatic heterocycles. The minimum atomic E-state index is -6.00. The number of benzene rings is 3. The van der Waals surface area contributed by atoms with E-state index in [1.54, 1.807) is 66.7 Å². The van der Waals surface area contributed by atoms with Crippen LogP contribution < -0.4 is 4.74 Å². The summed E-state index contributed by atoms with van der Waals surface area (Å²) in [6, 6.07) is 16.8. The largest absolute Gasteiger partial charge is 0.517 e. The van der Waals surface area contributed by atoms with E-state index in [-0.39, 0.29) is 27.8 Å². The van der Waals surface area contributed by atoms with Crippen LogP contribution in [0.1, 0.15) is 40.1 Å². The van der Waals surface area contributed by atoms with Crippen molar-refractivity contribution in [1.82, 2.24) is 8.69 Å². The van der Waals surface area contributed by atoms with Crippen molar-refractivity contribution < 1.29 is 39.9 Å². The van der Waals surface area contributed by atoms with Crippen molar-refractivity contribution in [2.75, 3.05) is 0 Å². The highest BCUT2D eigenvalue weighted by molar-refractivity contribution is 8.09. The van der Waals surface area contributed by atoms with Crippen LogP contribution in [-0.2, 0) is 21.4 Å². The zero-order valence-corrected chi connectivity index (χ0v) is 22.7. The average Bonchev–Trinajstić information content (AvgIpc) is 3.06. The van der Waals surface area contributed by atoms with Crippen LogP contribution in [0.3, 0.4) is 0 Å². The summed E-state index contributed by atoms with van der Waals surface area (Å²) in [6.07, 6.45) is 3.24. The summed E-state index contributed by atoms with van der Waals surface area (Å²) >= 11 is 0.227. The SMILES string of the molecule is CC(=O)N(SC1c2ccccc2COc2ccc(/C=C/c3ccc4cc(F)c(F)cc4n3)cc21)S(=O)(=O)C(F)(F)F. The van der Waals surface area contributed by atoms with Gasteiger partial charge in [-0.15, -0.1) is 0 Å². The quantitative estimate of drug-likeness (QED) is 0.180. The second kappa shape index (κ2) is 10.8. The Bertz CT molecular complexity index is 1810. The summed E-state index contributed by atoms with van der Waals surface area (Å²) in [5.74, 6) is -3.04. The topological polar surface area (TPSA) is 76.6 Å². The number of sulfonamides is 1. The molecular formula is C28H19F5N2O4S2. The maximum absolute atomic E-state index is 13.7. The monoisotopic (exact) mass is 606 g/mol. The number of aromatic nitrogens is 1. The molecule has 1 aromatic heterocycles. The lowest BCUT2D eigenvalue weighted by atomic mass is 9.98. The van der Waals surface area contributed by atoms with Crippen LogP contribution in [0.2, 0.25) is 0 Å². The second-order valence-corrected chi connectivity index (χ2v) is 12.1. The number of pyridine rings is 1. The fourth-order valence-electron chi connectivity index (χ4n) is 4.26. The van der Waals surface area contributed by atoms with Gasteiger partial charge < -0.3 is 4.74 Å². The van der Waals surface area contributed by atoms with E-state index in [0.29, 0.717) is 39.1 Å². The van der Waals surface area contributed by atoms with Crippen molar-refractivity contribution in [1.29, 1.82) is 0 Å². The second-order valence-electron chi connectivity index (χ2n) is 9.00. The molecule has 0 saturated carbocycles. The summed E-state index contributed by atoms with van der Waals surface area (Å²) < 4.78 is 97.8. The molecule has 0 radical (unpaired) electrons. The number of halogens is 5. The molecule has 2 heterocycles. The number of carbonyl (C=O) groups is 1. The average molecular weight is 607 g/mol. The molecule has 4 aromatic rings. The smallest absolute Gasteiger partial charge is 0.489 e. The third kappa shape index (κ3) is 5.64. The lowest BCUT2D eigenvalue weighted by Crippen LogP contribution is -2.39. The van der Waals surface area contributed by atoms with Gasteiger partial charge in [-0.1, -0.05) is 42.5 Å². The lowest BCUT2D eigenvalue weighted by molar-refractivity contribution is -0.121. The van der Waals surface area contributed by atoms with Gasteiger partial charge in [-0.3, -0.25) is 4.79 Å². The maximum Gasteiger partial charge on any atom is 0.517 e. The highest BCUT2D eigenvalue weighted by Crippen LogP contribution is 2.48. The van der Waals surface area contributed by atoms with Crippen molar-refractivity contribution in [3.63, 3.8) is 0 Å². The molecule has 1 amide bonds. The van der Waals surface area contributed by atoms with Gasteiger partial charge in [-0.2, -0.15) is 25.3 Å². The van der Waals surface area contributed by atoms with Crippen LogP contribution in [0.15, 0.2) is 66.7 Å². The predicted molar refractivity (Wildman–Crippen MR) is 145 cm³/mol. The first-order valence-corrected chi connectivity index (χ1v) is 14.2. The lowest BCUT2D eigenvalue weighted by Gasteiger charge is -2.26. The van der Waals surface area contributed by atoms with Gasteiger partial charge in [-0.05, 0) is 59.0 Å². The van der Waals surface area contributed by atoms with Crippen LogP contribution in [0.4, 0.5) is 22.0 Å². The van der Waals surface area contributed by atoms with Crippen LogP contribution >= 0.6 is 11.9 Å². The van der Waals surface area contributed by atoms with E-state index in [9.17, 15) is 35.2 Å². The van der Waals surface area contributed by atoms with Gasteiger partial charge in [0, 0.05) is 23.9 Å². The predicted octanol–water partition coefficient (Wildman–Crippen LogP) is 7.01. The Morgan fingerprint density at radius 3 is 2.46 bits per heavy atom. The molecule has 41 heavy (non-hydrogen) atoms. The third-order valence-corrected chi connectivity index (χ3v) is 9.50. The van der Waals surface area contributed by atoms with Crippen molar-refractivity contribution in [3.8, 4) is 5.75 Å². The number of nitrogens with zero attached hydrogens (tertiary/aromatic N) is 2. The number of hydrogen-bond acceptors (Lipinski definition) is 6. The molecule has 0 bridgehead atoms. The number of alkyl halides is 3. The molecule has 0 saturated heterocycles. The summed E-state index contributed by atoms with van der Waals surface area (Å²) in [5, 5.41) is -0.652. The summed E-state index contributed by atoms with van der Waals surface area (Å²) in [5.41, 5.74) is -3.05. The molecule has 1 aliphatic rings. The molecule has 5 rings (SSSR count). The molecule has 212 valence electrons. The number of amides is 1. The minimum absolute atomic E-state index is 0.0691. The first kappa shape index (κ1) is 28.6. The molecular weight excluding hydrogens is 587 g/mol. The number of carbonyl (C=O) groups excluding carboxylic acids is 1. The van der Waals surface area contributed by atoms with Gasteiger partial charge in [0.15, 0.2) is 11.6 Å². The minimum Gasteiger partial charge on any atom is -0.489 e. The molecule has 3 aromatic carbocycles. The Morgan fingerprint density at radius 2 is 1.73 bits per heavy atom. The maximum atomic E-state index is 13.7. The fourth-order valence-corrected chi connectivity index (χ4v) is 6.74. The first-order valence-electron chi connectivity index (χ1n) is 11.9. The van der Waals surface area contributed by atoms with E-state index in [2.05, 4.69) is 4.98 Å². The molecule has 1 atom stereocenters. The molecule has 0 aliphatic carbocycles. The van der Waals surface area contributed by atoms with Crippen LogP contribution in [0, 0.1) is 11.6 Å². The standard InChI is InChI=1S/C28H19F5N2O4S2/c1-16(36)35(41(37,38)28(31,32)33)40-27-21-5-3-2-4-19(21)15-39-26-11-7-17(12-22(26)27)6-9-20-10-8-18-13-23(29)24(30)14-25(18)34-20/h2-14,27H,15H2,1H3/b9-6+. The van der Waals surface area contributed by atoms with Crippen molar-refractivity contribution in [3.05, 3.63) is 106 Å². The highest BCUT2D eigenvalue weighted by atomic mass is 32.3. The Balaban J connectivity index is 1.56. The number of hydrogen-bond donors (Lipinski definition) is 0. The molecule has 6 nitrogen and oxygen atoms in total. The Hall–Kier alpha value is -3.97. The van der Waals surface area contributed by atoms with Crippen LogP contribution in [0.5, 0.6) is 5.75 Å². The summed E-state index contributed by atoms with van der Waals surface area (Å²) in [4.78, 5) is 16.5. The van der Waals surface area contributed by atoms with E-state index in [0.717, 1.165) is 19.1 Å². The Labute approximate surface area is 235 Å². The van der Waals surface area contributed by atoms with Gasteiger partial charge in [0.05, 0.1) is 16.5 Å². The molecule has 0 fully saturated rings. The zero-order chi connectivity index (χ0) is 29.5. The van der Waals surface area contributed by atoms with Gasteiger partial charge in [-0.25, -0.2) is 13.8 Å². The normalized spacial score (nSPS) is 15.2. The summed E-state index contributed by atoms with van der Waals surface area (Å²) in [7, 11) is -6.00. The van der Waals surface area contributed by atoms with E-state index < -0.39 is 38.3 Å². The van der Waals surface area contributed by atoms with E-state index in [1.807, 2.05) is 0 Å². The highest BCUT2D eigenvalue weighted by Gasteiger charge is 2.52. The van der Waals surface area contributed by atoms with E-state index in [1.165, 1.54) is 0 Å². The molecule has 0 N–H and O–H groups in total.